The van der Waals surface area contributed by atoms with Gasteiger partial charge in [0.05, 0.1) is 11.2 Å². The molecule has 0 bridgehead atoms. The fourth-order valence-corrected chi connectivity index (χ4v) is 5.28. The topological polar surface area (TPSA) is 79.2 Å². The summed E-state index contributed by atoms with van der Waals surface area (Å²) in [7, 11) is 0. The Morgan fingerprint density at radius 3 is 2.32 bits per heavy atom. The maximum absolute atomic E-state index is 10.5. The molecule has 0 amide bonds. The van der Waals surface area contributed by atoms with Crippen LogP contribution in [0.3, 0.4) is 0 Å². The summed E-state index contributed by atoms with van der Waals surface area (Å²) in [4.78, 5) is 0. The van der Waals surface area contributed by atoms with Crippen molar-refractivity contribution in [2.24, 2.45) is 0 Å². The zero-order valence-corrected chi connectivity index (χ0v) is 12.8. The lowest BCUT2D eigenvalue weighted by molar-refractivity contribution is -0.161. The molecule has 2 fully saturated rings. The van der Waals surface area contributed by atoms with E-state index >= 15 is 0 Å². The van der Waals surface area contributed by atoms with Gasteiger partial charge in [-0.3, -0.25) is 0 Å². The van der Waals surface area contributed by atoms with Crippen LogP contribution in [0.15, 0.2) is 0 Å². The Morgan fingerprint density at radius 2 is 1.74 bits per heavy atom. The van der Waals surface area contributed by atoms with Crippen molar-refractivity contribution in [3.05, 3.63) is 0 Å². The van der Waals surface area contributed by atoms with Gasteiger partial charge in [0.1, 0.15) is 24.4 Å². The zero-order chi connectivity index (χ0) is 14.0. The molecule has 112 valence electrons. The van der Waals surface area contributed by atoms with E-state index in [-0.39, 0.29) is 4.58 Å². The molecule has 2 heterocycles. The van der Waals surface area contributed by atoms with Crippen LogP contribution in [0, 0.1) is 0 Å². The van der Waals surface area contributed by atoms with E-state index in [0.29, 0.717) is 0 Å². The van der Waals surface area contributed by atoms with Crippen LogP contribution in [0.25, 0.3) is 0 Å². The molecule has 5 nitrogen and oxygen atoms in total. The first-order valence-corrected chi connectivity index (χ1v) is 8.60. The molecule has 7 heteroatoms. The first-order valence-electron chi connectivity index (χ1n) is 6.50. The van der Waals surface area contributed by atoms with E-state index in [0.717, 1.165) is 17.9 Å². The van der Waals surface area contributed by atoms with Crippen molar-refractivity contribution in [3.63, 3.8) is 0 Å². The molecule has 0 aliphatic carbocycles. The standard InChI is InChI=1S/C12H22O5S2/c1-12(2)16-9(7(14)6-13)10(17-12)8(15)11-18-4-3-5-19-11/h7-11,13-15H,3-6H2,1-2H3/t7-,8-,9-,10+/m1/s1. The molecule has 19 heavy (non-hydrogen) atoms. The number of aliphatic hydroxyl groups excluding tert-OH is 3. The lowest BCUT2D eigenvalue weighted by Gasteiger charge is -2.31. The molecular formula is C12H22O5S2. The van der Waals surface area contributed by atoms with Crippen LogP contribution in [-0.4, -0.2) is 68.2 Å². The fourth-order valence-electron chi connectivity index (χ4n) is 2.34. The Hall–Kier alpha value is 0.500. The number of rotatable bonds is 4. The highest BCUT2D eigenvalue weighted by molar-refractivity contribution is 8.17. The molecule has 4 atom stereocenters. The second-order valence-corrected chi connectivity index (χ2v) is 8.07. The van der Waals surface area contributed by atoms with Gasteiger partial charge in [0.25, 0.3) is 0 Å². The van der Waals surface area contributed by atoms with Gasteiger partial charge < -0.3 is 24.8 Å². The summed E-state index contributed by atoms with van der Waals surface area (Å²) < 4.78 is 11.4. The van der Waals surface area contributed by atoms with E-state index in [1.165, 1.54) is 0 Å². The quantitative estimate of drug-likeness (QED) is 0.694. The summed E-state index contributed by atoms with van der Waals surface area (Å²) in [5.74, 6) is 1.20. The minimum Gasteiger partial charge on any atom is -0.394 e. The highest BCUT2D eigenvalue weighted by Crippen LogP contribution is 2.39. The maximum Gasteiger partial charge on any atom is 0.164 e. The normalized spacial score (nSPS) is 35.2. The third kappa shape index (κ3) is 3.78. The molecule has 0 unspecified atom stereocenters. The van der Waals surface area contributed by atoms with E-state index in [2.05, 4.69) is 0 Å². The minimum atomic E-state index is -1.04. The molecule has 0 radical (unpaired) electrons. The first kappa shape index (κ1) is 15.9. The Bertz CT molecular complexity index is 296. The maximum atomic E-state index is 10.5. The summed E-state index contributed by atoms with van der Waals surface area (Å²) in [5, 5.41) is 29.4. The second kappa shape index (κ2) is 6.51. The molecule has 2 rings (SSSR count). The number of ether oxygens (including phenoxy) is 2. The molecule has 0 saturated carbocycles. The van der Waals surface area contributed by atoms with Crippen LogP contribution in [0.2, 0.25) is 0 Å². The molecular weight excluding hydrogens is 288 g/mol. The summed E-state index contributed by atoms with van der Waals surface area (Å²) in [6, 6.07) is 0. The van der Waals surface area contributed by atoms with E-state index < -0.39 is 36.8 Å². The number of thioether (sulfide) groups is 2. The van der Waals surface area contributed by atoms with Crippen molar-refractivity contribution in [2.45, 2.75) is 55.1 Å². The van der Waals surface area contributed by atoms with Gasteiger partial charge in [0.2, 0.25) is 0 Å². The van der Waals surface area contributed by atoms with E-state index in [1.54, 1.807) is 37.4 Å². The van der Waals surface area contributed by atoms with Crippen LogP contribution < -0.4 is 0 Å². The van der Waals surface area contributed by atoms with E-state index in [9.17, 15) is 10.2 Å². The van der Waals surface area contributed by atoms with Crippen LogP contribution in [0.5, 0.6) is 0 Å². The van der Waals surface area contributed by atoms with Gasteiger partial charge in [-0.15, -0.1) is 23.5 Å². The van der Waals surface area contributed by atoms with E-state index in [4.69, 9.17) is 14.6 Å². The van der Waals surface area contributed by atoms with Crippen molar-refractivity contribution in [1.82, 2.24) is 0 Å². The largest absolute Gasteiger partial charge is 0.394 e. The minimum absolute atomic E-state index is 0.0321. The van der Waals surface area contributed by atoms with Crippen molar-refractivity contribution in [3.8, 4) is 0 Å². The number of aliphatic hydroxyl groups is 3. The zero-order valence-electron chi connectivity index (χ0n) is 11.2. The lowest BCUT2D eigenvalue weighted by atomic mass is 10.0. The third-order valence-electron chi connectivity index (χ3n) is 3.20. The Kier molecular flexibility index (Phi) is 5.44. The molecule has 2 saturated heterocycles. The number of hydrogen-bond acceptors (Lipinski definition) is 7. The summed E-state index contributed by atoms with van der Waals surface area (Å²) in [5.41, 5.74) is 0. The van der Waals surface area contributed by atoms with Gasteiger partial charge in [0, 0.05) is 0 Å². The molecule has 3 N–H and O–H groups in total. The molecule has 0 aromatic rings. The van der Waals surface area contributed by atoms with Gasteiger partial charge in [-0.1, -0.05) is 0 Å². The first-order chi connectivity index (χ1) is 8.94. The van der Waals surface area contributed by atoms with Crippen LogP contribution >= 0.6 is 23.5 Å². The van der Waals surface area contributed by atoms with Gasteiger partial charge in [-0.25, -0.2) is 0 Å². The van der Waals surface area contributed by atoms with Gasteiger partial charge in [0.15, 0.2) is 5.79 Å². The van der Waals surface area contributed by atoms with Crippen LogP contribution in [-0.2, 0) is 9.47 Å². The molecule has 2 aliphatic rings. The Balaban J connectivity index is 2.06. The monoisotopic (exact) mass is 310 g/mol. The van der Waals surface area contributed by atoms with Gasteiger partial charge in [-0.2, -0.15) is 0 Å². The molecule has 2 aliphatic heterocycles. The van der Waals surface area contributed by atoms with Crippen molar-refractivity contribution < 1.29 is 24.8 Å². The Labute approximate surface area is 122 Å². The molecule has 0 aromatic heterocycles. The third-order valence-corrected chi connectivity index (χ3v) is 6.28. The van der Waals surface area contributed by atoms with Crippen LogP contribution in [0.1, 0.15) is 20.3 Å². The lowest BCUT2D eigenvalue weighted by Crippen LogP contribution is -2.47. The van der Waals surface area contributed by atoms with Crippen molar-refractivity contribution in [1.29, 1.82) is 0 Å². The second-order valence-electron chi connectivity index (χ2n) is 5.27. The van der Waals surface area contributed by atoms with Gasteiger partial charge >= 0.3 is 0 Å². The van der Waals surface area contributed by atoms with E-state index in [1.807, 2.05) is 0 Å². The van der Waals surface area contributed by atoms with Gasteiger partial charge in [-0.05, 0) is 31.8 Å². The molecule has 0 spiro atoms. The smallest absolute Gasteiger partial charge is 0.164 e. The fraction of sp³-hybridized carbons (Fsp3) is 1.00. The predicted molar refractivity (Wildman–Crippen MR) is 76.2 cm³/mol. The predicted octanol–water partition coefficient (Wildman–Crippen LogP) is 0.417. The summed E-state index contributed by atoms with van der Waals surface area (Å²) >= 11 is 3.43. The average molecular weight is 310 g/mol. The Morgan fingerprint density at radius 1 is 1.16 bits per heavy atom. The van der Waals surface area contributed by atoms with Crippen LogP contribution in [0.4, 0.5) is 0 Å². The SMILES string of the molecule is CC1(C)O[C@@H]([C@@H](O)C2SCCCS2)[C@@H]([C@H](O)CO)O1. The van der Waals surface area contributed by atoms with Crippen molar-refractivity contribution in [2.75, 3.05) is 18.1 Å². The highest BCUT2D eigenvalue weighted by atomic mass is 32.2. The number of hydrogen-bond donors (Lipinski definition) is 3. The summed E-state index contributed by atoms with van der Waals surface area (Å²) in [6.45, 7) is 3.09. The summed E-state index contributed by atoms with van der Waals surface area (Å²) in [6.07, 6.45) is -1.92. The van der Waals surface area contributed by atoms with Crippen molar-refractivity contribution >= 4 is 23.5 Å². The average Bonchev–Trinajstić information content (AvgIpc) is 2.74. The highest BCUT2D eigenvalue weighted by Gasteiger charge is 2.49. The molecule has 0 aromatic carbocycles.